The molecule has 3 atom stereocenters. The number of nitrogens with one attached hydrogen (secondary N) is 1. The van der Waals surface area contributed by atoms with Gasteiger partial charge >= 0.3 is 0 Å². The summed E-state index contributed by atoms with van der Waals surface area (Å²) in [6.07, 6.45) is 1.45. The molecule has 1 saturated carbocycles. The van der Waals surface area contributed by atoms with E-state index in [0.29, 0.717) is 6.04 Å². The Morgan fingerprint density at radius 2 is 2.56 bits per heavy atom. The van der Waals surface area contributed by atoms with Gasteiger partial charge in [-0.25, -0.2) is 0 Å². The molecular weight excluding hydrogens is 114 g/mol. The van der Waals surface area contributed by atoms with Crippen LogP contribution in [0.5, 0.6) is 0 Å². The standard InChI is InChI=1S/C7H13NO/c1-9-4-7-6-2-5(6)3-8-7/h5-8H,2-4H2,1H3/t5-,6-,7+/m0/s1. The summed E-state index contributed by atoms with van der Waals surface area (Å²) in [6.45, 7) is 2.14. The Bertz CT molecular complexity index is 115. The molecule has 2 rings (SSSR count). The van der Waals surface area contributed by atoms with E-state index in [0.717, 1.165) is 18.4 Å². The second kappa shape index (κ2) is 1.96. The van der Waals surface area contributed by atoms with E-state index in [2.05, 4.69) is 5.32 Å². The lowest BCUT2D eigenvalue weighted by molar-refractivity contribution is 0.166. The van der Waals surface area contributed by atoms with Gasteiger partial charge in [-0.2, -0.15) is 0 Å². The number of rotatable bonds is 2. The van der Waals surface area contributed by atoms with Crippen molar-refractivity contribution in [3.8, 4) is 0 Å². The van der Waals surface area contributed by atoms with Gasteiger partial charge in [-0.3, -0.25) is 0 Å². The molecule has 52 valence electrons. The summed E-state index contributed by atoms with van der Waals surface area (Å²) >= 11 is 0. The second-order valence-corrected chi connectivity index (χ2v) is 3.13. The third-order valence-electron chi connectivity index (χ3n) is 2.48. The third kappa shape index (κ3) is 0.864. The lowest BCUT2D eigenvalue weighted by atomic mass is 10.2. The molecule has 2 nitrogen and oxygen atoms in total. The largest absolute Gasteiger partial charge is 0.383 e. The molecule has 0 radical (unpaired) electrons. The first-order chi connectivity index (χ1) is 4.42. The van der Waals surface area contributed by atoms with Crippen molar-refractivity contribution in [1.82, 2.24) is 5.32 Å². The normalized spacial score (nSPS) is 47.0. The molecule has 2 aliphatic rings. The lowest BCUT2D eigenvalue weighted by Gasteiger charge is -2.10. The van der Waals surface area contributed by atoms with Crippen molar-refractivity contribution in [2.45, 2.75) is 12.5 Å². The number of hydrogen-bond donors (Lipinski definition) is 1. The summed E-state index contributed by atoms with van der Waals surface area (Å²) in [7, 11) is 1.78. The molecule has 9 heavy (non-hydrogen) atoms. The second-order valence-electron chi connectivity index (χ2n) is 3.13. The van der Waals surface area contributed by atoms with Gasteiger partial charge in [0.2, 0.25) is 0 Å². The molecule has 0 aromatic carbocycles. The summed E-state index contributed by atoms with van der Waals surface area (Å²) in [4.78, 5) is 0. The molecule has 0 amide bonds. The van der Waals surface area contributed by atoms with Gasteiger partial charge in [-0.05, 0) is 24.8 Å². The Kier molecular flexibility index (Phi) is 1.24. The van der Waals surface area contributed by atoms with Gasteiger partial charge in [0.1, 0.15) is 0 Å². The van der Waals surface area contributed by atoms with Crippen LogP contribution in [0.25, 0.3) is 0 Å². The first-order valence-corrected chi connectivity index (χ1v) is 3.64. The summed E-state index contributed by atoms with van der Waals surface area (Å²) in [5, 5.41) is 3.43. The van der Waals surface area contributed by atoms with Crippen molar-refractivity contribution >= 4 is 0 Å². The summed E-state index contributed by atoms with van der Waals surface area (Å²) in [6, 6.07) is 0.681. The maximum Gasteiger partial charge on any atom is 0.0618 e. The van der Waals surface area contributed by atoms with Crippen LogP contribution in [0, 0.1) is 11.8 Å². The number of methoxy groups -OCH3 is 1. The quantitative estimate of drug-likeness (QED) is 0.573. The van der Waals surface area contributed by atoms with E-state index in [1.165, 1.54) is 13.0 Å². The van der Waals surface area contributed by atoms with Crippen molar-refractivity contribution < 1.29 is 4.74 Å². The van der Waals surface area contributed by atoms with E-state index < -0.39 is 0 Å². The van der Waals surface area contributed by atoms with Gasteiger partial charge in [0.15, 0.2) is 0 Å². The molecule has 1 aliphatic heterocycles. The minimum atomic E-state index is 0.681. The molecule has 2 fully saturated rings. The molecule has 0 unspecified atom stereocenters. The smallest absolute Gasteiger partial charge is 0.0618 e. The van der Waals surface area contributed by atoms with E-state index in [9.17, 15) is 0 Å². The van der Waals surface area contributed by atoms with E-state index in [-0.39, 0.29) is 0 Å². The minimum Gasteiger partial charge on any atom is -0.383 e. The van der Waals surface area contributed by atoms with Gasteiger partial charge in [0.05, 0.1) is 6.61 Å². The number of piperidine rings is 1. The van der Waals surface area contributed by atoms with Crippen LogP contribution in [-0.2, 0) is 4.74 Å². The third-order valence-corrected chi connectivity index (χ3v) is 2.48. The van der Waals surface area contributed by atoms with Crippen LogP contribution in [0.2, 0.25) is 0 Å². The summed E-state index contributed by atoms with van der Waals surface area (Å²) in [5.41, 5.74) is 0. The fourth-order valence-electron chi connectivity index (χ4n) is 1.81. The molecule has 1 saturated heterocycles. The van der Waals surface area contributed by atoms with E-state index in [1.54, 1.807) is 7.11 Å². The highest BCUT2D eigenvalue weighted by atomic mass is 16.5. The molecule has 1 heterocycles. The highest BCUT2D eigenvalue weighted by molar-refractivity contribution is 5.02. The van der Waals surface area contributed by atoms with Crippen molar-refractivity contribution in [2.75, 3.05) is 20.3 Å². The van der Waals surface area contributed by atoms with Crippen LogP contribution in [0.1, 0.15) is 6.42 Å². The first kappa shape index (κ1) is 5.69. The molecule has 2 heteroatoms. The Hall–Kier alpha value is -0.0800. The Morgan fingerprint density at radius 3 is 3.00 bits per heavy atom. The first-order valence-electron chi connectivity index (χ1n) is 3.64. The van der Waals surface area contributed by atoms with Crippen LogP contribution in [0.4, 0.5) is 0 Å². The topological polar surface area (TPSA) is 21.3 Å². The average Bonchev–Trinajstić information content (AvgIpc) is 2.54. The van der Waals surface area contributed by atoms with Crippen LogP contribution < -0.4 is 5.32 Å². The zero-order valence-corrected chi connectivity index (χ0v) is 5.76. The maximum absolute atomic E-state index is 5.06. The van der Waals surface area contributed by atoms with Crippen LogP contribution >= 0.6 is 0 Å². The summed E-state index contributed by atoms with van der Waals surface area (Å²) < 4.78 is 5.06. The number of fused-ring (bicyclic) bond motifs is 1. The van der Waals surface area contributed by atoms with E-state index in [4.69, 9.17) is 4.74 Å². The zero-order chi connectivity index (χ0) is 6.27. The van der Waals surface area contributed by atoms with E-state index >= 15 is 0 Å². The number of ether oxygens (including phenoxy) is 1. The van der Waals surface area contributed by atoms with Crippen molar-refractivity contribution in [3.63, 3.8) is 0 Å². The lowest BCUT2D eigenvalue weighted by Crippen LogP contribution is -2.30. The van der Waals surface area contributed by atoms with E-state index in [1.807, 2.05) is 0 Å². The monoisotopic (exact) mass is 127 g/mol. The maximum atomic E-state index is 5.06. The molecule has 0 aromatic rings. The molecule has 0 bridgehead atoms. The molecule has 1 aliphatic carbocycles. The highest BCUT2D eigenvalue weighted by Gasteiger charge is 2.47. The van der Waals surface area contributed by atoms with Gasteiger partial charge in [-0.1, -0.05) is 0 Å². The molecular formula is C7H13NO. The predicted molar refractivity (Wildman–Crippen MR) is 35.3 cm³/mol. The zero-order valence-electron chi connectivity index (χ0n) is 5.76. The molecule has 0 aromatic heterocycles. The highest BCUT2D eigenvalue weighted by Crippen LogP contribution is 2.44. The van der Waals surface area contributed by atoms with Crippen molar-refractivity contribution in [2.24, 2.45) is 11.8 Å². The molecule has 1 N–H and O–H groups in total. The van der Waals surface area contributed by atoms with Crippen molar-refractivity contribution in [3.05, 3.63) is 0 Å². The minimum absolute atomic E-state index is 0.681. The Balaban J connectivity index is 1.84. The van der Waals surface area contributed by atoms with Crippen molar-refractivity contribution in [1.29, 1.82) is 0 Å². The van der Waals surface area contributed by atoms with Gasteiger partial charge in [0, 0.05) is 13.2 Å². The van der Waals surface area contributed by atoms with Crippen LogP contribution in [0.15, 0.2) is 0 Å². The summed E-state index contributed by atoms with van der Waals surface area (Å²) in [5.74, 6) is 1.97. The average molecular weight is 127 g/mol. The number of hydrogen-bond acceptors (Lipinski definition) is 2. The fourth-order valence-corrected chi connectivity index (χ4v) is 1.81. The van der Waals surface area contributed by atoms with Gasteiger partial charge in [-0.15, -0.1) is 0 Å². The SMILES string of the molecule is COC[C@H]1NC[C@@H]2C[C@@H]21. The van der Waals surface area contributed by atoms with Gasteiger partial charge in [0.25, 0.3) is 0 Å². The molecule has 0 spiro atoms. The van der Waals surface area contributed by atoms with Crippen LogP contribution in [0.3, 0.4) is 0 Å². The van der Waals surface area contributed by atoms with Crippen LogP contribution in [-0.4, -0.2) is 26.3 Å². The predicted octanol–water partition coefficient (Wildman–Crippen LogP) is 0.241. The fraction of sp³-hybridized carbons (Fsp3) is 1.00. The van der Waals surface area contributed by atoms with Gasteiger partial charge < -0.3 is 10.1 Å². The Morgan fingerprint density at radius 1 is 1.67 bits per heavy atom. The Labute approximate surface area is 55.6 Å².